The van der Waals surface area contributed by atoms with Crippen LogP contribution >= 0.6 is 0 Å². The van der Waals surface area contributed by atoms with Crippen LogP contribution in [-0.2, 0) is 25.5 Å². The summed E-state index contributed by atoms with van der Waals surface area (Å²) in [7, 11) is 0. The zero-order valence-electron chi connectivity index (χ0n) is 20.5. The molecule has 2 aliphatic rings. The van der Waals surface area contributed by atoms with E-state index in [0.29, 0.717) is 38.7 Å². The maximum atomic E-state index is 14.7. The van der Waals surface area contributed by atoms with Gasteiger partial charge in [-0.05, 0) is 48.9 Å². The summed E-state index contributed by atoms with van der Waals surface area (Å²) >= 11 is 0. The Morgan fingerprint density at radius 1 is 1.00 bits per heavy atom. The molecule has 2 aliphatic heterocycles. The normalized spacial score (nSPS) is 17.1. The van der Waals surface area contributed by atoms with Gasteiger partial charge < -0.3 is 24.4 Å². The van der Waals surface area contributed by atoms with Crippen molar-refractivity contribution in [3.05, 3.63) is 71.2 Å². The van der Waals surface area contributed by atoms with Crippen molar-refractivity contribution in [2.75, 3.05) is 69.4 Å². The molecule has 2 heterocycles. The van der Waals surface area contributed by atoms with Crippen LogP contribution in [0.25, 0.3) is 0 Å². The van der Waals surface area contributed by atoms with Crippen molar-refractivity contribution in [3.8, 4) is 0 Å². The van der Waals surface area contributed by atoms with Crippen LogP contribution in [0.3, 0.4) is 0 Å². The van der Waals surface area contributed by atoms with Gasteiger partial charge in [-0.3, -0.25) is 9.69 Å². The summed E-state index contributed by atoms with van der Waals surface area (Å²) in [6.45, 7) is 8.16. The number of nitrogens with one attached hydrogen (secondary N) is 1. The van der Waals surface area contributed by atoms with Gasteiger partial charge in [0.25, 0.3) is 0 Å². The lowest BCUT2D eigenvalue weighted by Gasteiger charge is -2.28. The molecule has 4 rings (SSSR count). The van der Waals surface area contributed by atoms with Crippen LogP contribution in [0, 0.1) is 5.82 Å². The van der Waals surface area contributed by atoms with E-state index in [1.165, 1.54) is 18.3 Å². The number of carbonyl (C=O) groups excluding carboxylic acids is 2. The highest BCUT2D eigenvalue weighted by molar-refractivity contribution is 6.24. The van der Waals surface area contributed by atoms with Gasteiger partial charge in [0.1, 0.15) is 11.4 Å². The third-order valence-electron chi connectivity index (χ3n) is 6.15. The molecule has 0 saturated carbocycles. The Hall–Kier alpha value is -3.27. The van der Waals surface area contributed by atoms with Crippen molar-refractivity contribution in [3.63, 3.8) is 0 Å². The van der Waals surface area contributed by atoms with Crippen molar-refractivity contribution in [2.24, 2.45) is 0 Å². The highest BCUT2D eigenvalue weighted by Gasteiger charge is 2.25. The molecular weight excluding hydrogens is 465 g/mol. The fourth-order valence-corrected chi connectivity index (χ4v) is 4.18. The SMILES string of the molecule is CCOC(=O)/C(=C\Nc1ccc(N2CCOCC2)cc1)C(=O)c1cc(CN2CCOCC2)ccc1F. The van der Waals surface area contributed by atoms with Crippen LogP contribution < -0.4 is 10.2 Å². The maximum Gasteiger partial charge on any atom is 0.343 e. The molecule has 0 radical (unpaired) electrons. The average molecular weight is 498 g/mol. The molecule has 0 amide bonds. The molecule has 0 unspecified atom stereocenters. The van der Waals surface area contributed by atoms with Crippen LogP contribution in [0.15, 0.2) is 54.2 Å². The molecular formula is C27H32FN3O5. The lowest BCUT2D eigenvalue weighted by molar-refractivity contribution is -0.138. The van der Waals surface area contributed by atoms with Crippen molar-refractivity contribution < 1.29 is 28.2 Å². The average Bonchev–Trinajstić information content (AvgIpc) is 2.91. The van der Waals surface area contributed by atoms with E-state index >= 15 is 0 Å². The molecule has 0 bridgehead atoms. The molecule has 0 spiro atoms. The van der Waals surface area contributed by atoms with Gasteiger partial charge in [0.05, 0.1) is 38.6 Å². The van der Waals surface area contributed by atoms with Gasteiger partial charge in [-0.2, -0.15) is 0 Å². The summed E-state index contributed by atoms with van der Waals surface area (Å²) in [5, 5.41) is 2.99. The van der Waals surface area contributed by atoms with Crippen molar-refractivity contribution in [1.29, 1.82) is 0 Å². The van der Waals surface area contributed by atoms with Crippen molar-refractivity contribution in [1.82, 2.24) is 4.90 Å². The number of benzene rings is 2. The van der Waals surface area contributed by atoms with Crippen molar-refractivity contribution in [2.45, 2.75) is 13.5 Å². The Kier molecular flexibility index (Phi) is 9.05. The standard InChI is InChI=1S/C27H32FN3O5/c1-2-36-27(33)24(18-29-21-4-6-22(7-5-21)31-11-15-35-16-12-31)26(32)23-17-20(3-8-25(23)28)19-30-9-13-34-14-10-30/h3-8,17-18,29H,2,9-16,19H2,1H3/b24-18-. The second-order valence-electron chi connectivity index (χ2n) is 8.60. The number of esters is 1. The van der Waals surface area contributed by atoms with Gasteiger partial charge in [-0.15, -0.1) is 0 Å². The quantitative estimate of drug-likeness (QED) is 0.186. The number of Topliss-reactive ketones (excluding diaryl/α,β-unsaturated/α-hetero) is 1. The highest BCUT2D eigenvalue weighted by Crippen LogP contribution is 2.21. The summed E-state index contributed by atoms with van der Waals surface area (Å²) in [4.78, 5) is 30.3. The monoisotopic (exact) mass is 497 g/mol. The summed E-state index contributed by atoms with van der Waals surface area (Å²) in [5.41, 5.74) is 2.11. The lowest BCUT2D eigenvalue weighted by Crippen LogP contribution is -2.36. The van der Waals surface area contributed by atoms with Gasteiger partial charge in [0.15, 0.2) is 0 Å². The van der Waals surface area contributed by atoms with E-state index in [2.05, 4.69) is 15.1 Å². The van der Waals surface area contributed by atoms with Crippen LogP contribution in [0.5, 0.6) is 0 Å². The summed E-state index contributed by atoms with van der Waals surface area (Å²) < 4.78 is 30.6. The first kappa shape index (κ1) is 25.8. The summed E-state index contributed by atoms with van der Waals surface area (Å²) in [6, 6.07) is 12.1. The Morgan fingerprint density at radius 2 is 1.67 bits per heavy atom. The van der Waals surface area contributed by atoms with Crippen LogP contribution in [0.4, 0.5) is 15.8 Å². The van der Waals surface area contributed by atoms with E-state index in [1.54, 1.807) is 13.0 Å². The van der Waals surface area contributed by atoms with E-state index in [0.717, 1.165) is 37.4 Å². The fourth-order valence-electron chi connectivity index (χ4n) is 4.18. The summed E-state index contributed by atoms with van der Waals surface area (Å²) in [6.07, 6.45) is 1.29. The first-order valence-corrected chi connectivity index (χ1v) is 12.2. The molecule has 8 nitrogen and oxygen atoms in total. The maximum absolute atomic E-state index is 14.7. The zero-order chi connectivity index (χ0) is 25.3. The van der Waals surface area contributed by atoms with E-state index in [4.69, 9.17) is 14.2 Å². The number of ether oxygens (including phenoxy) is 3. The smallest absolute Gasteiger partial charge is 0.343 e. The predicted octanol–water partition coefficient (Wildman–Crippen LogP) is 3.24. The fraction of sp³-hybridized carbons (Fsp3) is 0.407. The largest absolute Gasteiger partial charge is 0.462 e. The number of ketones is 1. The third kappa shape index (κ3) is 6.69. The van der Waals surface area contributed by atoms with E-state index in [-0.39, 0.29) is 17.7 Å². The molecule has 2 aromatic rings. The molecule has 2 fully saturated rings. The minimum absolute atomic E-state index is 0.0945. The van der Waals surface area contributed by atoms with E-state index in [1.807, 2.05) is 24.3 Å². The Morgan fingerprint density at radius 3 is 2.33 bits per heavy atom. The Balaban J connectivity index is 1.51. The predicted molar refractivity (Wildman–Crippen MR) is 135 cm³/mol. The van der Waals surface area contributed by atoms with Gasteiger partial charge in [0.2, 0.25) is 5.78 Å². The highest BCUT2D eigenvalue weighted by atomic mass is 19.1. The number of carbonyl (C=O) groups is 2. The second-order valence-corrected chi connectivity index (χ2v) is 8.60. The molecule has 2 aromatic carbocycles. The minimum atomic E-state index is -0.807. The topological polar surface area (TPSA) is 80.3 Å². The van der Waals surface area contributed by atoms with Crippen molar-refractivity contribution >= 4 is 23.1 Å². The molecule has 2 saturated heterocycles. The first-order chi connectivity index (χ1) is 17.5. The molecule has 36 heavy (non-hydrogen) atoms. The number of hydrogen-bond acceptors (Lipinski definition) is 8. The number of anilines is 2. The van der Waals surface area contributed by atoms with E-state index in [9.17, 15) is 14.0 Å². The number of nitrogens with zero attached hydrogens (tertiary/aromatic N) is 2. The van der Waals surface area contributed by atoms with Crippen LogP contribution in [0.2, 0.25) is 0 Å². The molecule has 9 heteroatoms. The first-order valence-electron chi connectivity index (χ1n) is 12.2. The molecule has 0 aromatic heterocycles. The number of hydrogen-bond donors (Lipinski definition) is 1. The number of rotatable bonds is 9. The third-order valence-corrected chi connectivity index (χ3v) is 6.15. The second kappa shape index (κ2) is 12.6. The Labute approximate surface area is 210 Å². The lowest BCUT2D eigenvalue weighted by atomic mass is 10.0. The Bertz CT molecular complexity index is 1080. The van der Waals surface area contributed by atoms with Gasteiger partial charge in [-0.25, -0.2) is 9.18 Å². The molecule has 0 atom stereocenters. The molecule has 192 valence electrons. The molecule has 0 aliphatic carbocycles. The number of halogens is 1. The molecule has 1 N–H and O–H groups in total. The van der Waals surface area contributed by atoms with Gasteiger partial charge in [-0.1, -0.05) is 6.07 Å². The summed E-state index contributed by atoms with van der Waals surface area (Å²) in [5.74, 6) is -2.22. The van der Waals surface area contributed by atoms with Gasteiger partial charge in [0, 0.05) is 50.3 Å². The zero-order valence-corrected chi connectivity index (χ0v) is 20.5. The van der Waals surface area contributed by atoms with E-state index < -0.39 is 17.6 Å². The minimum Gasteiger partial charge on any atom is -0.462 e. The van der Waals surface area contributed by atoms with Gasteiger partial charge >= 0.3 is 5.97 Å². The number of morpholine rings is 2. The van der Waals surface area contributed by atoms with Crippen LogP contribution in [0.1, 0.15) is 22.8 Å². The van der Waals surface area contributed by atoms with Crippen LogP contribution in [-0.4, -0.2) is 75.9 Å².